The second-order valence-electron chi connectivity index (χ2n) is 9.08. The molecule has 1 aromatic heterocycles. The summed E-state index contributed by atoms with van der Waals surface area (Å²) in [5.41, 5.74) is 3.19. The summed E-state index contributed by atoms with van der Waals surface area (Å²) in [6, 6.07) is 17.3. The molecule has 1 aliphatic carbocycles. The maximum absolute atomic E-state index is 13.9. The van der Waals surface area contributed by atoms with Crippen molar-refractivity contribution in [2.45, 2.75) is 32.7 Å². The van der Waals surface area contributed by atoms with E-state index in [9.17, 15) is 9.59 Å². The number of hydrogen-bond donors (Lipinski definition) is 1. The van der Waals surface area contributed by atoms with Crippen LogP contribution in [0.3, 0.4) is 0 Å². The lowest BCUT2D eigenvalue weighted by Gasteiger charge is -2.36. The van der Waals surface area contributed by atoms with Gasteiger partial charge in [-0.05, 0) is 60.4 Å². The Balaban J connectivity index is 1.76. The molecule has 3 aromatic rings. The predicted molar refractivity (Wildman–Crippen MR) is 125 cm³/mol. The summed E-state index contributed by atoms with van der Waals surface area (Å²) in [6.45, 7) is 4.18. The molecule has 0 bridgehead atoms. The SMILES string of the molecule is CC1(C)CC(=O)C2=C(C1)Nc1ccccc1N(C(=O)c1ccc(Cl)cc1)C2c1ccco1. The maximum Gasteiger partial charge on any atom is 0.259 e. The third-order valence-corrected chi connectivity index (χ3v) is 6.28. The predicted octanol–water partition coefficient (Wildman–Crippen LogP) is 6.39. The molecule has 0 spiro atoms. The van der Waals surface area contributed by atoms with Crippen LogP contribution in [0, 0.1) is 5.41 Å². The molecule has 2 aromatic carbocycles. The van der Waals surface area contributed by atoms with Gasteiger partial charge >= 0.3 is 0 Å². The lowest BCUT2D eigenvalue weighted by atomic mass is 9.74. The van der Waals surface area contributed by atoms with E-state index in [0.717, 1.165) is 11.4 Å². The minimum Gasteiger partial charge on any atom is -0.467 e. The number of carbonyl (C=O) groups excluding carboxylic acids is 2. The van der Waals surface area contributed by atoms with Crippen LogP contribution in [-0.4, -0.2) is 11.7 Å². The van der Waals surface area contributed by atoms with Gasteiger partial charge in [0.05, 0.1) is 17.6 Å². The Kier molecular flexibility index (Phi) is 4.94. The first-order valence-electron chi connectivity index (χ1n) is 10.6. The molecule has 1 aliphatic heterocycles. The Morgan fingerprint density at radius 3 is 2.53 bits per heavy atom. The first-order valence-corrected chi connectivity index (χ1v) is 11.0. The zero-order chi connectivity index (χ0) is 22.5. The number of fused-ring (bicyclic) bond motifs is 1. The van der Waals surface area contributed by atoms with Crippen molar-refractivity contribution < 1.29 is 14.0 Å². The summed E-state index contributed by atoms with van der Waals surface area (Å²) >= 11 is 6.05. The highest BCUT2D eigenvalue weighted by molar-refractivity contribution is 6.30. The molecule has 2 heterocycles. The summed E-state index contributed by atoms with van der Waals surface area (Å²) in [7, 11) is 0. The Morgan fingerprint density at radius 1 is 1.06 bits per heavy atom. The first-order chi connectivity index (χ1) is 15.3. The third kappa shape index (κ3) is 3.53. The number of allylic oxidation sites excluding steroid dienone is 1. The van der Waals surface area contributed by atoms with Crippen LogP contribution in [0.5, 0.6) is 0 Å². The van der Waals surface area contributed by atoms with Gasteiger partial charge in [0, 0.05) is 28.3 Å². The molecular weight excluding hydrogens is 424 g/mol. The minimum atomic E-state index is -0.678. The number of rotatable bonds is 2. The van der Waals surface area contributed by atoms with E-state index < -0.39 is 6.04 Å². The van der Waals surface area contributed by atoms with Crippen molar-refractivity contribution in [1.29, 1.82) is 0 Å². The van der Waals surface area contributed by atoms with Crippen LogP contribution >= 0.6 is 11.6 Å². The fraction of sp³-hybridized carbons (Fsp3) is 0.231. The largest absolute Gasteiger partial charge is 0.467 e. The Bertz CT molecular complexity index is 1230. The van der Waals surface area contributed by atoms with Crippen molar-refractivity contribution in [3.8, 4) is 0 Å². The molecule has 2 aliphatic rings. The summed E-state index contributed by atoms with van der Waals surface area (Å²) in [4.78, 5) is 29.1. The zero-order valence-electron chi connectivity index (χ0n) is 17.9. The lowest BCUT2D eigenvalue weighted by molar-refractivity contribution is -0.118. The standard InChI is InChI=1S/C26H23ClN2O3/c1-26(2)14-19-23(21(30)15-26)24(22-8-5-13-32-22)29(20-7-4-3-6-18(20)28-19)25(31)16-9-11-17(27)12-10-16/h3-13,24,28H,14-15H2,1-2H3. The number of furan rings is 1. The van der Waals surface area contributed by atoms with Gasteiger partial charge in [0.1, 0.15) is 11.8 Å². The van der Waals surface area contributed by atoms with E-state index in [0.29, 0.717) is 40.4 Å². The highest BCUT2D eigenvalue weighted by atomic mass is 35.5. The number of Topliss-reactive ketones (excluding diaryl/α,β-unsaturated/α-hetero) is 1. The molecule has 1 N–H and O–H groups in total. The Morgan fingerprint density at radius 2 is 1.81 bits per heavy atom. The minimum absolute atomic E-state index is 0.0202. The van der Waals surface area contributed by atoms with E-state index in [-0.39, 0.29) is 17.1 Å². The first kappa shape index (κ1) is 20.6. The fourth-order valence-electron chi connectivity index (χ4n) is 4.66. The van der Waals surface area contributed by atoms with E-state index in [1.165, 1.54) is 0 Å². The molecule has 162 valence electrons. The van der Waals surface area contributed by atoms with Gasteiger partial charge in [-0.25, -0.2) is 0 Å². The van der Waals surface area contributed by atoms with Crippen molar-refractivity contribution in [3.63, 3.8) is 0 Å². The summed E-state index contributed by atoms with van der Waals surface area (Å²) in [5, 5.41) is 4.04. The highest BCUT2D eigenvalue weighted by Gasteiger charge is 2.44. The molecule has 1 unspecified atom stereocenters. The van der Waals surface area contributed by atoms with Crippen molar-refractivity contribution in [3.05, 3.63) is 94.5 Å². The number of ketones is 1. The van der Waals surface area contributed by atoms with Crippen LogP contribution in [0.4, 0.5) is 11.4 Å². The molecule has 0 fully saturated rings. The van der Waals surface area contributed by atoms with E-state index in [1.807, 2.05) is 30.3 Å². The summed E-state index contributed by atoms with van der Waals surface area (Å²) < 4.78 is 5.80. The number of amides is 1. The summed E-state index contributed by atoms with van der Waals surface area (Å²) in [5.74, 6) is 0.335. The normalized spacial score (nSPS) is 19.7. The van der Waals surface area contributed by atoms with Crippen LogP contribution < -0.4 is 10.2 Å². The topological polar surface area (TPSA) is 62.6 Å². The molecular formula is C26H23ClN2O3. The second kappa shape index (κ2) is 7.68. The maximum atomic E-state index is 13.9. The Hall–Kier alpha value is -3.31. The van der Waals surface area contributed by atoms with Crippen LogP contribution in [0.25, 0.3) is 0 Å². The molecule has 0 radical (unpaired) electrons. The monoisotopic (exact) mass is 446 g/mol. The number of nitrogens with one attached hydrogen (secondary N) is 1. The number of benzene rings is 2. The average Bonchev–Trinajstić information content (AvgIpc) is 3.23. The molecule has 5 rings (SSSR count). The van der Waals surface area contributed by atoms with Crippen LogP contribution in [-0.2, 0) is 4.79 Å². The van der Waals surface area contributed by atoms with E-state index in [4.69, 9.17) is 16.0 Å². The number of carbonyl (C=O) groups is 2. The zero-order valence-corrected chi connectivity index (χ0v) is 18.6. The molecule has 1 atom stereocenters. The average molecular weight is 447 g/mol. The Labute approximate surface area is 191 Å². The van der Waals surface area contributed by atoms with Crippen LogP contribution in [0.15, 0.2) is 82.6 Å². The number of para-hydroxylation sites is 2. The number of halogens is 1. The molecule has 5 nitrogen and oxygen atoms in total. The van der Waals surface area contributed by atoms with E-state index >= 15 is 0 Å². The second-order valence-corrected chi connectivity index (χ2v) is 9.51. The van der Waals surface area contributed by atoms with Gasteiger partial charge < -0.3 is 9.73 Å². The van der Waals surface area contributed by atoms with Crippen molar-refractivity contribution in [2.75, 3.05) is 10.2 Å². The van der Waals surface area contributed by atoms with E-state index in [1.54, 1.807) is 41.5 Å². The molecule has 1 amide bonds. The molecule has 0 saturated heterocycles. The van der Waals surface area contributed by atoms with Gasteiger partial charge in [0.25, 0.3) is 5.91 Å². The van der Waals surface area contributed by atoms with Gasteiger partial charge in [0.2, 0.25) is 0 Å². The van der Waals surface area contributed by atoms with Gasteiger partial charge in [0.15, 0.2) is 5.78 Å². The molecule has 6 heteroatoms. The van der Waals surface area contributed by atoms with Crippen molar-refractivity contribution in [1.82, 2.24) is 0 Å². The number of hydrogen-bond acceptors (Lipinski definition) is 4. The molecule has 32 heavy (non-hydrogen) atoms. The summed E-state index contributed by atoms with van der Waals surface area (Å²) in [6.07, 6.45) is 2.68. The van der Waals surface area contributed by atoms with Gasteiger partial charge in [-0.2, -0.15) is 0 Å². The van der Waals surface area contributed by atoms with Crippen molar-refractivity contribution >= 4 is 34.7 Å². The van der Waals surface area contributed by atoms with Gasteiger partial charge in [-0.3, -0.25) is 14.5 Å². The van der Waals surface area contributed by atoms with Gasteiger partial charge in [-0.1, -0.05) is 37.6 Å². The quantitative estimate of drug-likeness (QED) is 0.495. The fourth-order valence-corrected chi connectivity index (χ4v) is 4.78. The molecule has 0 saturated carbocycles. The van der Waals surface area contributed by atoms with Gasteiger partial charge in [-0.15, -0.1) is 0 Å². The van der Waals surface area contributed by atoms with Crippen molar-refractivity contribution in [2.24, 2.45) is 5.41 Å². The van der Waals surface area contributed by atoms with E-state index in [2.05, 4.69) is 19.2 Å². The van der Waals surface area contributed by atoms with Crippen LogP contribution in [0.2, 0.25) is 5.02 Å². The number of anilines is 2. The lowest BCUT2D eigenvalue weighted by Crippen LogP contribution is -2.39. The highest BCUT2D eigenvalue weighted by Crippen LogP contribution is 2.48. The van der Waals surface area contributed by atoms with Crippen LogP contribution in [0.1, 0.15) is 48.8 Å². The third-order valence-electron chi connectivity index (χ3n) is 6.02. The number of nitrogens with zero attached hydrogens (tertiary/aromatic N) is 1. The smallest absolute Gasteiger partial charge is 0.259 e.